The highest BCUT2D eigenvalue weighted by Gasteiger charge is 2.37. The average Bonchev–Trinajstić information content (AvgIpc) is 2.19. The smallest absolute Gasteiger partial charge is 0.324 e. The van der Waals surface area contributed by atoms with Crippen molar-refractivity contribution in [3.05, 3.63) is 39.2 Å². The molecule has 0 unspecified atom stereocenters. The van der Waals surface area contributed by atoms with Crippen LogP contribution in [0.2, 0.25) is 0 Å². The molecule has 0 aromatic heterocycles. The Kier molecular flexibility index (Phi) is 7.45. The molecule has 0 aliphatic carbocycles. The van der Waals surface area contributed by atoms with Gasteiger partial charge in [0.2, 0.25) is 0 Å². The molecular formula is C11H20O6P2. The molecule has 19 heavy (non-hydrogen) atoms. The predicted molar refractivity (Wildman–Crippen MR) is 74.8 cm³/mol. The fourth-order valence-electron chi connectivity index (χ4n) is 1.36. The molecule has 0 bridgehead atoms. The topological polar surface area (TPSA) is 93.1 Å². The summed E-state index contributed by atoms with van der Waals surface area (Å²) in [5.74, 6) is 0. The molecule has 0 saturated carbocycles. The van der Waals surface area contributed by atoms with Crippen LogP contribution in [0, 0.1) is 19.3 Å². The molecular weight excluding hydrogens is 290 g/mol. The van der Waals surface area contributed by atoms with E-state index in [0.717, 1.165) is 0 Å². The van der Waals surface area contributed by atoms with Crippen molar-refractivity contribution in [2.75, 3.05) is 25.5 Å². The van der Waals surface area contributed by atoms with Crippen LogP contribution in [0.5, 0.6) is 0 Å². The lowest BCUT2D eigenvalue weighted by Gasteiger charge is -2.28. The Morgan fingerprint density at radius 3 is 1.74 bits per heavy atom. The van der Waals surface area contributed by atoms with Crippen LogP contribution >= 0.6 is 15.2 Å². The Morgan fingerprint density at radius 2 is 1.42 bits per heavy atom. The molecule has 0 fully saturated rings. The molecule has 0 spiro atoms. The maximum Gasteiger partial charge on any atom is 0.331 e. The second-order valence-corrected chi connectivity index (χ2v) is 7.96. The van der Waals surface area contributed by atoms with Crippen LogP contribution in [0.4, 0.5) is 0 Å². The van der Waals surface area contributed by atoms with E-state index in [9.17, 15) is 9.13 Å². The third kappa shape index (κ3) is 9.33. The first-order valence-corrected chi connectivity index (χ1v) is 8.91. The third-order valence-corrected chi connectivity index (χ3v) is 5.07. The molecule has 0 heterocycles. The van der Waals surface area contributed by atoms with Gasteiger partial charge < -0.3 is 18.8 Å². The second kappa shape index (κ2) is 7.53. The normalized spacial score (nSPS) is 13.3. The van der Waals surface area contributed by atoms with Crippen LogP contribution in [-0.4, -0.2) is 35.3 Å². The van der Waals surface area contributed by atoms with Gasteiger partial charge in [0.1, 0.15) is 0 Å². The van der Waals surface area contributed by atoms with Crippen LogP contribution in [0.3, 0.4) is 0 Å². The van der Waals surface area contributed by atoms with Crippen LogP contribution in [-0.2, 0) is 18.2 Å². The lowest BCUT2D eigenvalue weighted by molar-refractivity contribution is 0.231. The van der Waals surface area contributed by atoms with E-state index in [-0.39, 0.29) is 19.4 Å². The zero-order chi connectivity index (χ0) is 15.2. The summed E-state index contributed by atoms with van der Waals surface area (Å²) in [4.78, 5) is 17.9. The molecule has 8 heteroatoms. The van der Waals surface area contributed by atoms with Crippen molar-refractivity contribution in [3.63, 3.8) is 0 Å². The van der Waals surface area contributed by atoms with E-state index in [4.69, 9.17) is 18.8 Å². The molecule has 0 aromatic rings. The molecule has 110 valence electrons. The van der Waals surface area contributed by atoms with Crippen LogP contribution in [0.15, 0.2) is 25.3 Å². The lowest BCUT2D eigenvalue weighted by Crippen LogP contribution is -2.24. The van der Waals surface area contributed by atoms with Gasteiger partial charge in [-0.25, -0.2) is 0 Å². The van der Waals surface area contributed by atoms with Crippen molar-refractivity contribution in [2.45, 2.75) is 0 Å². The summed E-state index contributed by atoms with van der Waals surface area (Å²) in [6.45, 7) is 14.0. The van der Waals surface area contributed by atoms with E-state index in [1.54, 1.807) is 0 Å². The van der Waals surface area contributed by atoms with Gasteiger partial charge in [0.15, 0.2) is 0 Å². The molecule has 0 atom stereocenters. The summed E-state index contributed by atoms with van der Waals surface area (Å²) in [7, 11) is -7.89. The van der Waals surface area contributed by atoms with Crippen LogP contribution < -0.4 is 0 Å². The Hall–Kier alpha value is -0.220. The monoisotopic (exact) mass is 310 g/mol. The minimum Gasteiger partial charge on any atom is -0.324 e. The number of rotatable bonds is 10. The third-order valence-electron chi connectivity index (χ3n) is 1.85. The van der Waals surface area contributed by atoms with Crippen molar-refractivity contribution < 1.29 is 28.0 Å². The minimum absolute atomic E-state index is 0.0135. The Morgan fingerprint density at radius 1 is 1.00 bits per heavy atom. The first kappa shape index (κ1) is 18.8. The minimum atomic E-state index is -4.32. The Bertz CT molecular complexity index is 382. The molecule has 2 radical (unpaired) electrons. The maximum atomic E-state index is 12.4. The van der Waals surface area contributed by atoms with E-state index in [2.05, 4.69) is 27.0 Å². The Labute approximate surface area is 114 Å². The Balaban J connectivity index is 4.87. The SMILES string of the molecule is [CH2]C([CH2])(CP(=O)(O)O)CP(=O)(OCC=C)OCC=C. The van der Waals surface area contributed by atoms with Crippen molar-refractivity contribution in [1.29, 1.82) is 0 Å². The molecule has 0 aliphatic rings. The fourth-order valence-corrected chi connectivity index (χ4v) is 4.38. The van der Waals surface area contributed by atoms with Gasteiger partial charge in [-0.1, -0.05) is 12.2 Å². The van der Waals surface area contributed by atoms with Crippen molar-refractivity contribution in [2.24, 2.45) is 5.41 Å². The number of hydrogen-bond acceptors (Lipinski definition) is 4. The van der Waals surface area contributed by atoms with Gasteiger partial charge in [-0.15, -0.1) is 13.2 Å². The molecule has 0 amide bonds. The van der Waals surface area contributed by atoms with E-state index in [0.29, 0.717) is 0 Å². The highest BCUT2D eigenvalue weighted by atomic mass is 31.2. The van der Waals surface area contributed by atoms with Crippen molar-refractivity contribution in [1.82, 2.24) is 0 Å². The molecule has 0 aromatic carbocycles. The maximum absolute atomic E-state index is 12.4. The molecule has 0 aliphatic heterocycles. The van der Waals surface area contributed by atoms with E-state index in [1.165, 1.54) is 12.2 Å². The highest BCUT2D eigenvalue weighted by Crippen LogP contribution is 2.55. The summed E-state index contributed by atoms with van der Waals surface area (Å²) < 4.78 is 33.5. The van der Waals surface area contributed by atoms with Crippen molar-refractivity contribution >= 4 is 15.2 Å². The highest BCUT2D eigenvalue weighted by molar-refractivity contribution is 7.54. The van der Waals surface area contributed by atoms with E-state index >= 15 is 0 Å². The summed E-state index contributed by atoms with van der Waals surface area (Å²) in [6.07, 6.45) is 1.85. The predicted octanol–water partition coefficient (Wildman–Crippen LogP) is 2.42. The van der Waals surface area contributed by atoms with Crippen LogP contribution in [0.1, 0.15) is 0 Å². The van der Waals surface area contributed by atoms with Gasteiger partial charge in [-0.2, -0.15) is 0 Å². The van der Waals surface area contributed by atoms with Gasteiger partial charge in [0, 0.05) is 0 Å². The van der Waals surface area contributed by atoms with Gasteiger partial charge in [0.05, 0.1) is 25.5 Å². The molecule has 0 saturated heterocycles. The molecule has 0 rings (SSSR count). The van der Waals surface area contributed by atoms with E-state index in [1.807, 2.05) is 0 Å². The lowest BCUT2D eigenvalue weighted by atomic mass is 10.0. The van der Waals surface area contributed by atoms with Gasteiger partial charge in [-0.05, 0) is 19.3 Å². The average molecular weight is 310 g/mol. The quantitative estimate of drug-likeness (QED) is 0.475. The zero-order valence-corrected chi connectivity index (χ0v) is 12.5. The van der Waals surface area contributed by atoms with Gasteiger partial charge >= 0.3 is 15.2 Å². The van der Waals surface area contributed by atoms with Gasteiger partial charge in [-0.3, -0.25) is 9.13 Å². The zero-order valence-electron chi connectivity index (χ0n) is 10.7. The van der Waals surface area contributed by atoms with Gasteiger partial charge in [0.25, 0.3) is 0 Å². The van der Waals surface area contributed by atoms with Crippen LogP contribution in [0.25, 0.3) is 0 Å². The van der Waals surface area contributed by atoms with E-state index < -0.39 is 26.8 Å². The fraction of sp³-hybridized carbons (Fsp3) is 0.455. The summed E-state index contributed by atoms with van der Waals surface area (Å²) in [5.41, 5.74) is -1.38. The molecule has 6 nitrogen and oxygen atoms in total. The second-order valence-electron chi connectivity index (χ2n) is 4.26. The standard InChI is InChI=1S/C11H20O6P2/c1-5-7-16-19(15,17-8-6-2)10-11(3,4)9-18(12,13)14/h5-6H,1-4,7-10H2,(H2,12,13,14). The summed E-state index contributed by atoms with van der Waals surface area (Å²) in [5, 5.41) is 0. The summed E-state index contributed by atoms with van der Waals surface area (Å²) in [6, 6.07) is 0. The largest absolute Gasteiger partial charge is 0.331 e. The first-order chi connectivity index (χ1) is 8.54. The first-order valence-electron chi connectivity index (χ1n) is 5.39. The number of hydrogen-bond donors (Lipinski definition) is 2. The summed E-state index contributed by atoms with van der Waals surface area (Å²) >= 11 is 0. The molecule has 2 N–H and O–H groups in total. The van der Waals surface area contributed by atoms with Crippen molar-refractivity contribution in [3.8, 4) is 0 Å².